The molecule has 1 saturated carbocycles. The van der Waals surface area contributed by atoms with Crippen LogP contribution in [0.3, 0.4) is 0 Å². The lowest BCUT2D eigenvalue weighted by atomic mass is 9.94. The summed E-state index contributed by atoms with van der Waals surface area (Å²) in [7, 11) is 0. The van der Waals surface area contributed by atoms with Gasteiger partial charge in [0.05, 0.1) is 0 Å². The van der Waals surface area contributed by atoms with Crippen LogP contribution in [-0.2, 0) is 0 Å². The van der Waals surface area contributed by atoms with Crippen molar-refractivity contribution in [1.29, 1.82) is 0 Å². The molecule has 0 atom stereocenters. The molecule has 1 heterocycles. The number of hydrogen-bond donors (Lipinski definition) is 0. The highest BCUT2D eigenvalue weighted by Gasteiger charge is 2.30. The van der Waals surface area contributed by atoms with Crippen molar-refractivity contribution in [3.8, 4) is 5.75 Å². The third-order valence-corrected chi connectivity index (χ3v) is 7.58. The highest BCUT2D eigenvalue weighted by atomic mass is 35.5. The normalized spacial score (nSPS) is 15.3. The molecule has 158 valence electrons. The summed E-state index contributed by atoms with van der Waals surface area (Å²) in [6.07, 6.45) is 2.31. The lowest BCUT2D eigenvalue weighted by Gasteiger charge is -2.30. The molecular weight excluding hydrogens is 410 g/mol. The van der Waals surface area contributed by atoms with E-state index in [4.69, 9.17) is 16.3 Å². The van der Waals surface area contributed by atoms with E-state index in [9.17, 15) is 0 Å². The van der Waals surface area contributed by atoms with Gasteiger partial charge in [0.2, 0.25) is 0 Å². The zero-order valence-electron chi connectivity index (χ0n) is 18.6. The summed E-state index contributed by atoms with van der Waals surface area (Å²) in [4.78, 5) is 3.68. The van der Waals surface area contributed by atoms with Crippen LogP contribution in [0.15, 0.2) is 52.1 Å². The molecule has 4 rings (SSSR count). The molecule has 1 fully saturated rings. The fourth-order valence-electron chi connectivity index (χ4n) is 4.19. The van der Waals surface area contributed by atoms with Crippen LogP contribution < -0.4 is 9.64 Å². The molecule has 30 heavy (non-hydrogen) atoms. The summed E-state index contributed by atoms with van der Waals surface area (Å²) in [5.74, 6) is 3.07. The molecule has 0 spiro atoms. The number of fused-ring (bicyclic) bond motifs is 1. The standard InChI is InChI=1S/C26H30ClNOS/c1-6-28(7-2)23-12-11-21-17(4)22(15-30-24-13-10-20(27)14-16(24)3)26(19-8-9-19)29-25(21)18(23)5/h10-14H,6-9,15H2,1-5H3. The number of benzene rings is 2. The lowest BCUT2D eigenvalue weighted by Crippen LogP contribution is -2.23. The van der Waals surface area contributed by atoms with Gasteiger partial charge in [-0.25, -0.2) is 0 Å². The second-order valence-corrected chi connectivity index (χ2v) is 9.55. The van der Waals surface area contributed by atoms with E-state index in [2.05, 4.69) is 57.7 Å². The quantitative estimate of drug-likeness (QED) is 0.426. The molecule has 1 aliphatic carbocycles. The molecule has 0 aromatic heterocycles. The average molecular weight is 440 g/mol. The van der Waals surface area contributed by atoms with Crippen LogP contribution >= 0.6 is 23.4 Å². The van der Waals surface area contributed by atoms with Gasteiger partial charge in [0.1, 0.15) is 11.5 Å². The molecule has 0 N–H and O–H groups in total. The number of anilines is 1. The molecule has 2 aromatic rings. The highest BCUT2D eigenvalue weighted by Crippen LogP contribution is 2.48. The number of allylic oxidation sites excluding steroid dienone is 3. The first kappa shape index (κ1) is 21.4. The predicted molar refractivity (Wildman–Crippen MR) is 131 cm³/mol. The molecule has 0 saturated heterocycles. The zero-order valence-corrected chi connectivity index (χ0v) is 20.1. The third-order valence-electron chi connectivity index (χ3n) is 6.15. The Morgan fingerprint density at radius 1 is 1.03 bits per heavy atom. The molecule has 1 aliphatic heterocycles. The van der Waals surface area contributed by atoms with Gasteiger partial charge in [-0.1, -0.05) is 11.6 Å². The number of thioether (sulfide) groups is 1. The van der Waals surface area contributed by atoms with Gasteiger partial charge in [-0.2, -0.15) is 0 Å². The molecule has 2 aromatic carbocycles. The van der Waals surface area contributed by atoms with Crippen molar-refractivity contribution in [3.05, 3.63) is 69.0 Å². The van der Waals surface area contributed by atoms with Crippen molar-refractivity contribution in [3.63, 3.8) is 0 Å². The van der Waals surface area contributed by atoms with E-state index < -0.39 is 0 Å². The number of halogens is 1. The summed E-state index contributed by atoms with van der Waals surface area (Å²) >= 11 is 8.01. The molecule has 2 nitrogen and oxygen atoms in total. The molecule has 0 amide bonds. The topological polar surface area (TPSA) is 12.5 Å². The van der Waals surface area contributed by atoms with E-state index in [1.165, 1.54) is 44.0 Å². The second kappa shape index (κ2) is 8.72. The van der Waals surface area contributed by atoms with Crippen molar-refractivity contribution in [2.45, 2.75) is 52.4 Å². The van der Waals surface area contributed by atoms with Crippen LogP contribution in [0.25, 0.3) is 5.57 Å². The average Bonchev–Trinajstić information content (AvgIpc) is 3.56. The summed E-state index contributed by atoms with van der Waals surface area (Å²) in [6, 6.07) is 10.6. The van der Waals surface area contributed by atoms with Crippen LogP contribution in [0.2, 0.25) is 5.02 Å². The highest BCUT2D eigenvalue weighted by molar-refractivity contribution is 7.99. The Morgan fingerprint density at radius 3 is 2.40 bits per heavy atom. The molecule has 0 unspecified atom stereocenters. The Balaban J connectivity index is 1.72. The first-order chi connectivity index (χ1) is 14.4. The minimum Gasteiger partial charge on any atom is -0.456 e. The van der Waals surface area contributed by atoms with E-state index >= 15 is 0 Å². The van der Waals surface area contributed by atoms with Crippen molar-refractivity contribution in [2.24, 2.45) is 0 Å². The maximum Gasteiger partial charge on any atom is 0.139 e. The molecule has 0 bridgehead atoms. The van der Waals surface area contributed by atoms with E-state index in [-0.39, 0.29) is 0 Å². The first-order valence-corrected chi connectivity index (χ1v) is 12.2. The summed E-state index contributed by atoms with van der Waals surface area (Å²) in [5.41, 5.74) is 9.12. The maximum absolute atomic E-state index is 6.65. The van der Waals surface area contributed by atoms with E-state index in [1.54, 1.807) is 0 Å². The number of hydrogen-bond acceptors (Lipinski definition) is 3. The Bertz CT molecular complexity index is 1040. The lowest BCUT2D eigenvalue weighted by molar-refractivity contribution is 0.424. The SMILES string of the molecule is CCN(CC)c1ccc2c(c1C)OC(=C1CC1)C(CSc1ccc(Cl)cc1C)=C2C. The molecule has 0 radical (unpaired) electrons. The van der Waals surface area contributed by atoms with Gasteiger partial charge in [0, 0.05) is 51.1 Å². The predicted octanol–water partition coefficient (Wildman–Crippen LogP) is 7.81. The van der Waals surface area contributed by atoms with Gasteiger partial charge in [0.15, 0.2) is 0 Å². The van der Waals surface area contributed by atoms with E-state index in [0.717, 1.165) is 48.2 Å². The van der Waals surface area contributed by atoms with Crippen molar-refractivity contribution < 1.29 is 4.74 Å². The fourth-order valence-corrected chi connectivity index (χ4v) is 5.51. The van der Waals surface area contributed by atoms with Crippen molar-refractivity contribution in [2.75, 3.05) is 23.7 Å². The van der Waals surface area contributed by atoms with E-state index in [0.29, 0.717) is 0 Å². The Hall–Kier alpha value is -1.84. The van der Waals surface area contributed by atoms with Crippen LogP contribution in [-0.4, -0.2) is 18.8 Å². The number of ether oxygens (including phenoxy) is 1. The monoisotopic (exact) mass is 439 g/mol. The van der Waals surface area contributed by atoms with Gasteiger partial charge < -0.3 is 9.64 Å². The fraction of sp³-hybridized carbons (Fsp3) is 0.385. The summed E-state index contributed by atoms with van der Waals surface area (Å²) in [6.45, 7) is 13.0. The van der Waals surface area contributed by atoms with Gasteiger partial charge in [-0.05, 0) is 94.5 Å². The number of rotatable bonds is 6. The van der Waals surface area contributed by atoms with Crippen LogP contribution in [0.1, 0.15) is 50.3 Å². The van der Waals surface area contributed by atoms with Crippen LogP contribution in [0.4, 0.5) is 5.69 Å². The Labute approximate surface area is 190 Å². The van der Waals surface area contributed by atoms with E-state index in [1.807, 2.05) is 23.9 Å². The Morgan fingerprint density at radius 2 is 1.77 bits per heavy atom. The molecular formula is C26H30ClNOS. The van der Waals surface area contributed by atoms with Crippen molar-refractivity contribution in [1.82, 2.24) is 0 Å². The van der Waals surface area contributed by atoms with Crippen molar-refractivity contribution >= 4 is 34.6 Å². The van der Waals surface area contributed by atoms with Crippen LogP contribution in [0.5, 0.6) is 5.75 Å². The second-order valence-electron chi connectivity index (χ2n) is 8.10. The minimum absolute atomic E-state index is 0.794. The zero-order chi connectivity index (χ0) is 21.4. The first-order valence-electron chi connectivity index (χ1n) is 10.8. The smallest absolute Gasteiger partial charge is 0.139 e. The molecule has 4 heteroatoms. The van der Waals surface area contributed by atoms with Gasteiger partial charge in [-0.3, -0.25) is 0 Å². The van der Waals surface area contributed by atoms with Gasteiger partial charge >= 0.3 is 0 Å². The molecule has 2 aliphatic rings. The largest absolute Gasteiger partial charge is 0.456 e. The minimum atomic E-state index is 0.794. The van der Waals surface area contributed by atoms with Gasteiger partial charge in [0.25, 0.3) is 0 Å². The maximum atomic E-state index is 6.65. The summed E-state index contributed by atoms with van der Waals surface area (Å²) < 4.78 is 6.65. The Kier molecular flexibility index (Phi) is 6.22. The third kappa shape index (κ3) is 4.02. The van der Waals surface area contributed by atoms with Gasteiger partial charge in [-0.15, -0.1) is 11.8 Å². The van der Waals surface area contributed by atoms with Crippen LogP contribution in [0, 0.1) is 13.8 Å². The summed E-state index contributed by atoms with van der Waals surface area (Å²) in [5, 5.41) is 0.794. The number of aryl methyl sites for hydroxylation is 1. The number of nitrogens with zero attached hydrogens (tertiary/aromatic N) is 1.